The van der Waals surface area contributed by atoms with Crippen LogP contribution >= 0.6 is 22.6 Å². The molecular formula is C22H27IN2O2. The van der Waals surface area contributed by atoms with Gasteiger partial charge >= 0.3 is 0 Å². The zero-order valence-corrected chi connectivity index (χ0v) is 17.8. The van der Waals surface area contributed by atoms with Gasteiger partial charge in [-0.1, -0.05) is 6.07 Å². The summed E-state index contributed by atoms with van der Waals surface area (Å²) in [5.74, 6) is 2.53. The van der Waals surface area contributed by atoms with Crippen LogP contribution in [0.4, 0.5) is 5.69 Å². The summed E-state index contributed by atoms with van der Waals surface area (Å²) in [6, 6.07) is 7.54. The van der Waals surface area contributed by atoms with Crippen LogP contribution in [0, 0.1) is 26.7 Å². The van der Waals surface area contributed by atoms with Crippen LogP contribution in [0.15, 0.2) is 24.3 Å². The molecule has 144 valence electrons. The van der Waals surface area contributed by atoms with Gasteiger partial charge in [0.25, 0.3) is 0 Å². The Balaban J connectivity index is 1.33. The van der Waals surface area contributed by atoms with E-state index in [1.807, 2.05) is 29.2 Å². The van der Waals surface area contributed by atoms with Gasteiger partial charge in [-0.25, -0.2) is 0 Å². The van der Waals surface area contributed by atoms with E-state index in [1.165, 1.54) is 19.3 Å². The van der Waals surface area contributed by atoms with Crippen LogP contribution in [-0.4, -0.2) is 29.3 Å². The van der Waals surface area contributed by atoms with Gasteiger partial charge in [0, 0.05) is 15.8 Å². The molecule has 1 saturated heterocycles. The number of carbonyl (C=O) groups excluding carboxylic acids is 2. The van der Waals surface area contributed by atoms with Crippen molar-refractivity contribution in [3.8, 4) is 0 Å². The van der Waals surface area contributed by atoms with E-state index in [-0.39, 0.29) is 17.4 Å². The highest BCUT2D eigenvalue weighted by Crippen LogP contribution is 2.60. The molecule has 1 aromatic rings. The van der Waals surface area contributed by atoms with Gasteiger partial charge in [0.2, 0.25) is 11.8 Å². The summed E-state index contributed by atoms with van der Waals surface area (Å²) in [5, 5.41) is 3.05. The van der Waals surface area contributed by atoms with Gasteiger partial charge in [0.1, 0.15) is 6.04 Å². The Morgan fingerprint density at radius 1 is 1.07 bits per heavy atom. The Morgan fingerprint density at radius 2 is 1.74 bits per heavy atom. The predicted octanol–water partition coefficient (Wildman–Crippen LogP) is 4.44. The fraction of sp³-hybridized carbons (Fsp3) is 0.636. The summed E-state index contributed by atoms with van der Waals surface area (Å²) < 4.78 is 1.10. The number of carbonyl (C=O) groups is 2. The second kappa shape index (κ2) is 6.75. The van der Waals surface area contributed by atoms with Gasteiger partial charge in [-0.15, -0.1) is 0 Å². The van der Waals surface area contributed by atoms with Crippen LogP contribution < -0.4 is 5.32 Å². The third kappa shape index (κ3) is 3.19. The van der Waals surface area contributed by atoms with Crippen LogP contribution in [0.3, 0.4) is 0 Å². The molecule has 1 aromatic carbocycles. The normalized spacial score (nSPS) is 36.9. The molecule has 5 heteroatoms. The first-order valence-corrected chi connectivity index (χ1v) is 11.5. The maximum Gasteiger partial charge on any atom is 0.247 e. The van der Waals surface area contributed by atoms with E-state index in [0.717, 1.165) is 65.7 Å². The van der Waals surface area contributed by atoms with Crippen molar-refractivity contribution in [1.82, 2.24) is 4.90 Å². The number of anilines is 1. The highest BCUT2D eigenvalue weighted by molar-refractivity contribution is 14.1. The first-order valence-electron chi connectivity index (χ1n) is 10.4. The fourth-order valence-electron chi connectivity index (χ4n) is 6.75. The lowest BCUT2D eigenvalue weighted by Gasteiger charge is -2.56. The molecule has 2 amide bonds. The molecule has 1 aliphatic heterocycles. The van der Waals surface area contributed by atoms with Crippen LogP contribution in [0.25, 0.3) is 0 Å². The molecule has 27 heavy (non-hydrogen) atoms. The van der Waals surface area contributed by atoms with Crippen LogP contribution in [0.5, 0.6) is 0 Å². The highest BCUT2D eigenvalue weighted by atomic mass is 127. The molecule has 0 spiro atoms. The lowest BCUT2D eigenvalue weighted by atomic mass is 9.49. The average molecular weight is 478 g/mol. The van der Waals surface area contributed by atoms with Crippen molar-refractivity contribution in [3.05, 3.63) is 27.8 Å². The monoisotopic (exact) mass is 478 g/mol. The SMILES string of the molecule is O=C(Nc1cccc(I)c1)[C@@H]1CCCN1C(=O)C12CC3CC(CC(C3)C1)C2. The maximum atomic E-state index is 13.7. The van der Waals surface area contributed by atoms with Gasteiger partial charge in [0.05, 0.1) is 5.41 Å². The predicted molar refractivity (Wildman–Crippen MR) is 113 cm³/mol. The van der Waals surface area contributed by atoms with Gasteiger partial charge in [-0.05, 0) is 110 Å². The number of benzene rings is 1. The lowest BCUT2D eigenvalue weighted by molar-refractivity contribution is -0.160. The minimum absolute atomic E-state index is 0.0208. The molecule has 4 saturated carbocycles. The van der Waals surface area contributed by atoms with Crippen molar-refractivity contribution >= 4 is 40.1 Å². The Bertz CT molecular complexity index is 742. The Hall–Kier alpha value is -1.11. The first kappa shape index (κ1) is 18.0. The minimum Gasteiger partial charge on any atom is -0.330 e. The lowest BCUT2D eigenvalue weighted by Crippen LogP contribution is -2.56. The third-order valence-corrected chi connectivity index (χ3v) is 8.07. The molecule has 4 aliphatic carbocycles. The molecule has 0 unspecified atom stereocenters. The van der Waals surface area contributed by atoms with E-state index in [9.17, 15) is 9.59 Å². The number of hydrogen-bond donors (Lipinski definition) is 1. The van der Waals surface area contributed by atoms with E-state index in [2.05, 4.69) is 27.9 Å². The molecule has 0 radical (unpaired) electrons. The molecule has 5 fully saturated rings. The van der Waals surface area contributed by atoms with Crippen molar-refractivity contribution in [1.29, 1.82) is 0 Å². The van der Waals surface area contributed by atoms with E-state index >= 15 is 0 Å². The number of nitrogens with zero attached hydrogens (tertiary/aromatic N) is 1. The molecule has 6 rings (SSSR count). The van der Waals surface area contributed by atoms with Crippen LogP contribution in [0.2, 0.25) is 0 Å². The van der Waals surface area contributed by atoms with Crippen molar-refractivity contribution in [3.63, 3.8) is 0 Å². The quantitative estimate of drug-likeness (QED) is 0.654. The van der Waals surface area contributed by atoms with Crippen LogP contribution in [-0.2, 0) is 9.59 Å². The molecule has 1 N–H and O–H groups in total. The second-order valence-electron chi connectivity index (χ2n) is 9.35. The largest absolute Gasteiger partial charge is 0.330 e. The number of halogens is 1. The fourth-order valence-corrected chi connectivity index (χ4v) is 7.29. The van der Waals surface area contributed by atoms with Gasteiger partial charge in [-0.3, -0.25) is 9.59 Å². The number of rotatable bonds is 3. The summed E-state index contributed by atoms with van der Waals surface area (Å²) in [7, 11) is 0. The smallest absolute Gasteiger partial charge is 0.247 e. The van der Waals surface area contributed by atoms with E-state index in [1.54, 1.807) is 0 Å². The van der Waals surface area contributed by atoms with Crippen molar-refractivity contribution in [2.45, 2.75) is 57.4 Å². The topological polar surface area (TPSA) is 49.4 Å². The molecule has 5 aliphatic rings. The highest BCUT2D eigenvalue weighted by Gasteiger charge is 2.56. The molecule has 4 nitrogen and oxygen atoms in total. The molecule has 1 heterocycles. The Morgan fingerprint density at radius 3 is 2.37 bits per heavy atom. The van der Waals surface area contributed by atoms with Crippen molar-refractivity contribution in [2.75, 3.05) is 11.9 Å². The Labute approximate surface area is 174 Å². The second-order valence-corrected chi connectivity index (χ2v) is 10.6. The van der Waals surface area contributed by atoms with Crippen molar-refractivity contribution in [2.24, 2.45) is 23.2 Å². The third-order valence-electron chi connectivity index (χ3n) is 7.40. The Kier molecular flexibility index (Phi) is 4.49. The summed E-state index contributed by atoms with van der Waals surface area (Å²) in [6.07, 6.45) is 8.93. The molecule has 1 atom stereocenters. The molecule has 4 bridgehead atoms. The summed E-state index contributed by atoms with van der Waals surface area (Å²) in [6.45, 7) is 0.741. The number of nitrogens with one attached hydrogen (secondary N) is 1. The van der Waals surface area contributed by atoms with E-state index in [0.29, 0.717) is 5.91 Å². The number of likely N-dealkylation sites (tertiary alicyclic amines) is 1. The molecule has 0 aromatic heterocycles. The maximum absolute atomic E-state index is 13.7. The number of amides is 2. The summed E-state index contributed by atoms with van der Waals surface area (Å²) in [5.41, 5.74) is 0.667. The average Bonchev–Trinajstić information content (AvgIpc) is 3.09. The molecular weight excluding hydrogens is 451 g/mol. The minimum atomic E-state index is -0.302. The first-order chi connectivity index (χ1) is 13.0. The standard InChI is InChI=1S/C22H27IN2O2/c23-17-3-1-4-18(10-17)24-20(26)19-5-2-6-25(19)21(27)22-11-14-7-15(12-22)9-16(8-14)13-22/h1,3-4,10,14-16,19H,2,5-9,11-13H2,(H,24,26)/t14?,15?,16?,19-,22?/m0/s1. The van der Waals surface area contributed by atoms with Gasteiger partial charge in [-0.2, -0.15) is 0 Å². The summed E-state index contributed by atoms with van der Waals surface area (Å²) in [4.78, 5) is 28.6. The van der Waals surface area contributed by atoms with Crippen LogP contribution in [0.1, 0.15) is 51.4 Å². The number of hydrogen-bond acceptors (Lipinski definition) is 2. The van der Waals surface area contributed by atoms with E-state index < -0.39 is 0 Å². The van der Waals surface area contributed by atoms with Gasteiger partial charge in [0.15, 0.2) is 0 Å². The summed E-state index contributed by atoms with van der Waals surface area (Å²) >= 11 is 2.25. The van der Waals surface area contributed by atoms with Gasteiger partial charge < -0.3 is 10.2 Å². The van der Waals surface area contributed by atoms with E-state index in [4.69, 9.17) is 0 Å². The zero-order valence-electron chi connectivity index (χ0n) is 15.6. The zero-order chi connectivity index (χ0) is 18.6. The van der Waals surface area contributed by atoms with Crippen molar-refractivity contribution < 1.29 is 9.59 Å².